The molecule has 1 saturated carbocycles. The maximum absolute atomic E-state index is 12.3. The van der Waals surface area contributed by atoms with Crippen LogP contribution in [0.2, 0.25) is 0 Å². The highest BCUT2D eigenvalue weighted by molar-refractivity contribution is 5.75. The third kappa shape index (κ3) is 2.60. The third-order valence-electron chi connectivity index (χ3n) is 4.18. The topological polar surface area (TPSA) is 58.4 Å². The van der Waals surface area contributed by atoms with E-state index in [1.807, 2.05) is 17.9 Å². The van der Waals surface area contributed by atoms with Gasteiger partial charge in [-0.1, -0.05) is 18.0 Å². The van der Waals surface area contributed by atoms with Crippen molar-refractivity contribution in [3.05, 3.63) is 17.5 Å². The van der Waals surface area contributed by atoms with Gasteiger partial charge >= 0.3 is 6.03 Å². The van der Waals surface area contributed by atoms with Gasteiger partial charge in [0.2, 0.25) is 0 Å². The lowest BCUT2D eigenvalue weighted by molar-refractivity contribution is 0.187. The molecule has 0 aromatic carbocycles. The van der Waals surface area contributed by atoms with Crippen molar-refractivity contribution in [2.24, 2.45) is 0 Å². The van der Waals surface area contributed by atoms with Crippen LogP contribution in [-0.4, -0.2) is 28.7 Å². The molecular formula is C14H21N3O2. The van der Waals surface area contributed by atoms with Crippen LogP contribution >= 0.6 is 0 Å². The number of carbonyl (C=O) groups is 1. The second-order valence-electron chi connectivity index (χ2n) is 5.64. The van der Waals surface area contributed by atoms with Gasteiger partial charge in [0, 0.05) is 18.7 Å². The Balaban J connectivity index is 1.66. The Kier molecular flexibility index (Phi) is 3.44. The number of likely N-dealkylation sites (tertiary alicyclic amines) is 1. The van der Waals surface area contributed by atoms with Gasteiger partial charge in [-0.3, -0.25) is 0 Å². The number of hydrogen-bond acceptors (Lipinski definition) is 3. The minimum absolute atomic E-state index is 0.0649. The van der Waals surface area contributed by atoms with Crippen molar-refractivity contribution < 1.29 is 9.32 Å². The van der Waals surface area contributed by atoms with Crippen molar-refractivity contribution in [2.75, 3.05) is 6.54 Å². The molecule has 0 bridgehead atoms. The Hall–Kier alpha value is -1.52. The molecule has 0 unspecified atom stereocenters. The van der Waals surface area contributed by atoms with Crippen molar-refractivity contribution in [1.29, 1.82) is 0 Å². The molecule has 19 heavy (non-hydrogen) atoms. The number of carbonyl (C=O) groups excluding carboxylic acids is 1. The summed E-state index contributed by atoms with van der Waals surface area (Å²) in [6.07, 6.45) is 6.72. The fraction of sp³-hybridized carbons (Fsp3) is 0.714. The first-order valence-corrected chi connectivity index (χ1v) is 7.24. The summed E-state index contributed by atoms with van der Waals surface area (Å²) in [5.74, 6) is 0.804. The average Bonchev–Trinajstić information content (AvgIpc) is 3.07. The van der Waals surface area contributed by atoms with E-state index in [1.165, 1.54) is 12.8 Å². The molecule has 0 spiro atoms. The summed E-state index contributed by atoms with van der Waals surface area (Å²) >= 11 is 0. The first kappa shape index (κ1) is 12.5. The number of aromatic nitrogens is 1. The SMILES string of the molecule is Cc1cc([C@@H]2CCCN2C(=O)NC2CCCC2)no1. The lowest BCUT2D eigenvalue weighted by atomic mass is 10.1. The van der Waals surface area contributed by atoms with Gasteiger partial charge in [0.15, 0.2) is 0 Å². The van der Waals surface area contributed by atoms with Crippen molar-refractivity contribution in [3.63, 3.8) is 0 Å². The van der Waals surface area contributed by atoms with Crippen LogP contribution in [0.25, 0.3) is 0 Å². The zero-order chi connectivity index (χ0) is 13.2. The number of hydrogen-bond donors (Lipinski definition) is 1. The number of aryl methyl sites for hydroxylation is 1. The van der Waals surface area contributed by atoms with E-state index in [4.69, 9.17) is 4.52 Å². The largest absolute Gasteiger partial charge is 0.361 e. The van der Waals surface area contributed by atoms with E-state index in [-0.39, 0.29) is 12.1 Å². The smallest absolute Gasteiger partial charge is 0.318 e. The number of amides is 2. The van der Waals surface area contributed by atoms with E-state index in [2.05, 4.69) is 10.5 Å². The van der Waals surface area contributed by atoms with Crippen LogP contribution in [0, 0.1) is 6.92 Å². The van der Waals surface area contributed by atoms with Gasteiger partial charge in [0.05, 0.1) is 6.04 Å². The summed E-state index contributed by atoms with van der Waals surface area (Å²) in [5.41, 5.74) is 0.886. The van der Waals surface area contributed by atoms with Crippen LogP contribution in [0.15, 0.2) is 10.6 Å². The Morgan fingerprint density at radius 1 is 1.37 bits per heavy atom. The zero-order valence-corrected chi connectivity index (χ0v) is 11.4. The molecule has 104 valence electrons. The van der Waals surface area contributed by atoms with E-state index in [0.717, 1.165) is 43.7 Å². The van der Waals surface area contributed by atoms with Gasteiger partial charge in [-0.2, -0.15) is 0 Å². The normalized spacial score (nSPS) is 24.1. The third-order valence-corrected chi connectivity index (χ3v) is 4.18. The summed E-state index contributed by atoms with van der Waals surface area (Å²) in [4.78, 5) is 14.3. The van der Waals surface area contributed by atoms with Crippen LogP contribution < -0.4 is 5.32 Å². The number of rotatable bonds is 2. The Morgan fingerprint density at radius 2 is 2.16 bits per heavy atom. The summed E-state index contributed by atoms with van der Waals surface area (Å²) < 4.78 is 5.13. The molecule has 1 aromatic rings. The van der Waals surface area contributed by atoms with Crippen molar-refractivity contribution in [3.8, 4) is 0 Å². The Bertz CT molecular complexity index is 451. The van der Waals surface area contributed by atoms with Crippen molar-refractivity contribution in [2.45, 2.75) is 57.5 Å². The van der Waals surface area contributed by atoms with Gasteiger partial charge in [0.25, 0.3) is 0 Å². The fourth-order valence-electron chi connectivity index (χ4n) is 3.19. The molecule has 1 aliphatic heterocycles. The molecule has 2 aliphatic rings. The van der Waals surface area contributed by atoms with Crippen molar-refractivity contribution in [1.82, 2.24) is 15.4 Å². The van der Waals surface area contributed by atoms with Gasteiger partial charge in [-0.25, -0.2) is 4.79 Å². The summed E-state index contributed by atoms with van der Waals surface area (Å²) in [6, 6.07) is 2.45. The second-order valence-corrected chi connectivity index (χ2v) is 5.64. The van der Waals surface area contributed by atoms with E-state index in [9.17, 15) is 4.79 Å². The molecule has 1 aromatic heterocycles. The molecule has 3 rings (SSSR count). The minimum Gasteiger partial charge on any atom is -0.361 e. The molecule has 1 saturated heterocycles. The Morgan fingerprint density at radius 3 is 2.84 bits per heavy atom. The van der Waals surface area contributed by atoms with Crippen LogP contribution in [0.5, 0.6) is 0 Å². The summed E-state index contributed by atoms with van der Waals surface area (Å²) in [5, 5.41) is 7.22. The minimum atomic E-state index is 0.0649. The van der Waals surface area contributed by atoms with Crippen LogP contribution in [0.1, 0.15) is 56.0 Å². The summed E-state index contributed by atoms with van der Waals surface area (Å²) in [6.45, 7) is 2.70. The quantitative estimate of drug-likeness (QED) is 0.892. The number of urea groups is 1. The predicted octanol–water partition coefficient (Wildman–Crippen LogP) is 2.77. The monoisotopic (exact) mass is 263 g/mol. The summed E-state index contributed by atoms with van der Waals surface area (Å²) in [7, 11) is 0. The highest BCUT2D eigenvalue weighted by Gasteiger charge is 2.33. The molecule has 2 amide bonds. The van der Waals surface area contributed by atoms with E-state index < -0.39 is 0 Å². The van der Waals surface area contributed by atoms with Gasteiger partial charge in [-0.05, 0) is 32.6 Å². The molecule has 1 aliphatic carbocycles. The average molecular weight is 263 g/mol. The zero-order valence-electron chi connectivity index (χ0n) is 11.4. The van der Waals surface area contributed by atoms with E-state index >= 15 is 0 Å². The van der Waals surface area contributed by atoms with E-state index in [1.54, 1.807) is 0 Å². The molecule has 0 radical (unpaired) electrons. The lowest BCUT2D eigenvalue weighted by Crippen LogP contribution is -2.43. The fourth-order valence-corrected chi connectivity index (χ4v) is 3.19. The maximum atomic E-state index is 12.3. The first-order valence-electron chi connectivity index (χ1n) is 7.24. The number of nitrogens with one attached hydrogen (secondary N) is 1. The van der Waals surface area contributed by atoms with Gasteiger partial charge in [0.1, 0.15) is 11.5 Å². The van der Waals surface area contributed by atoms with Gasteiger partial charge < -0.3 is 14.7 Å². The number of nitrogens with zero attached hydrogens (tertiary/aromatic N) is 2. The molecule has 1 atom stereocenters. The van der Waals surface area contributed by atoms with Crippen molar-refractivity contribution >= 4 is 6.03 Å². The van der Waals surface area contributed by atoms with Gasteiger partial charge in [-0.15, -0.1) is 0 Å². The highest BCUT2D eigenvalue weighted by Crippen LogP contribution is 2.31. The second kappa shape index (κ2) is 5.23. The van der Waals surface area contributed by atoms with Crippen LogP contribution in [0.3, 0.4) is 0 Å². The predicted molar refractivity (Wildman–Crippen MR) is 70.7 cm³/mol. The molecule has 5 nitrogen and oxygen atoms in total. The standard InChI is InChI=1S/C14H21N3O2/c1-10-9-12(16-19-10)13-7-4-8-17(13)14(18)15-11-5-2-3-6-11/h9,11,13H,2-8H2,1H3,(H,15,18)/t13-/m0/s1. The molecule has 1 N–H and O–H groups in total. The molecule has 5 heteroatoms. The van der Waals surface area contributed by atoms with E-state index in [0.29, 0.717) is 6.04 Å². The highest BCUT2D eigenvalue weighted by atomic mass is 16.5. The molecule has 2 heterocycles. The molecule has 2 fully saturated rings. The van der Waals surface area contributed by atoms with Crippen LogP contribution in [-0.2, 0) is 0 Å². The Labute approximate surface area is 113 Å². The molecular weight excluding hydrogens is 242 g/mol. The van der Waals surface area contributed by atoms with Crippen LogP contribution in [0.4, 0.5) is 4.79 Å². The lowest BCUT2D eigenvalue weighted by Gasteiger charge is -2.25. The maximum Gasteiger partial charge on any atom is 0.318 e. The first-order chi connectivity index (χ1) is 9.24.